The van der Waals surface area contributed by atoms with Gasteiger partial charge in [-0.1, -0.05) is 28.1 Å². The number of halogens is 1. The number of ether oxygens (including phenoxy) is 2. The van der Waals surface area contributed by atoms with E-state index < -0.39 is 17.7 Å². The predicted octanol–water partition coefficient (Wildman–Crippen LogP) is 3.60. The first-order valence-corrected chi connectivity index (χ1v) is 11.8. The number of likely N-dealkylation sites (tertiary alicyclic amines) is 1. The Morgan fingerprint density at radius 2 is 1.73 bits per heavy atom. The van der Waals surface area contributed by atoms with Gasteiger partial charge in [0.25, 0.3) is 11.7 Å². The Kier molecular flexibility index (Phi) is 7.47. The van der Waals surface area contributed by atoms with Crippen LogP contribution in [0.4, 0.5) is 0 Å². The summed E-state index contributed by atoms with van der Waals surface area (Å²) in [5, 5.41) is 11.1. The molecule has 0 aromatic heterocycles. The van der Waals surface area contributed by atoms with Gasteiger partial charge in [-0.15, -0.1) is 0 Å². The molecule has 2 heterocycles. The molecule has 0 aliphatic carbocycles. The summed E-state index contributed by atoms with van der Waals surface area (Å²) < 4.78 is 11.5. The number of aliphatic hydroxyl groups excluding tert-OH is 1. The number of carbonyl (C=O) groups excluding carboxylic acids is 2. The second-order valence-electron chi connectivity index (χ2n) is 8.08. The molecule has 0 saturated carbocycles. The van der Waals surface area contributed by atoms with Gasteiger partial charge in [0.1, 0.15) is 11.5 Å². The minimum Gasteiger partial charge on any atom is -0.507 e. The SMILES string of the molecule is COc1ccc(C(O)=C2C(=O)C(=O)N(CCCN3CCOCC3)C2c2ccc(Br)cc2)cc1. The van der Waals surface area contributed by atoms with Crippen LogP contribution < -0.4 is 4.74 Å². The molecule has 174 valence electrons. The third-order valence-electron chi connectivity index (χ3n) is 6.07. The molecule has 2 aliphatic rings. The van der Waals surface area contributed by atoms with E-state index in [9.17, 15) is 14.7 Å². The quantitative estimate of drug-likeness (QED) is 0.345. The van der Waals surface area contributed by atoms with Gasteiger partial charge in [0, 0.05) is 36.2 Å². The third-order valence-corrected chi connectivity index (χ3v) is 6.59. The van der Waals surface area contributed by atoms with Crippen molar-refractivity contribution in [3.05, 3.63) is 69.7 Å². The summed E-state index contributed by atoms with van der Waals surface area (Å²) in [4.78, 5) is 30.0. The molecule has 1 N–H and O–H groups in total. The topological polar surface area (TPSA) is 79.3 Å². The molecule has 0 spiro atoms. The number of carbonyl (C=O) groups is 2. The van der Waals surface area contributed by atoms with Crippen molar-refractivity contribution in [3.63, 3.8) is 0 Å². The van der Waals surface area contributed by atoms with Gasteiger partial charge in [-0.25, -0.2) is 0 Å². The first-order chi connectivity index (χ1) is 16.0. The van der Waals surface area contributed by atoms with Gasteiger partial charge in [-0.05, 0) is 48.4 Å². The number of morpholine rings is 1. The van der Waals surface area contributed by atoms with Crippen LogP contribution in [0.1, 0.15) is 23.6 Å². The first-order valence-electron chi connectivity index (χ1n) is 11.0. The minimum absolute atomic E-state index is 0.110. The summed E-state index contributed by atoms with van der Waals surface area (Å²) in [6.07, 6.45) is 0.725. The molecule has 2 aliphatic heterocycles. The molecule has 7 nitrogen and oxygen atoms in total. The molecule has 0 radical (unpaired) electrons. The highest BCUT2D eigenvalue weighted by Crippen LogP contribution is 2.40. The summed E-state index contributed by atoms with van der Waals surface area (Å²) in [7, 11) is 1.56. The van der Waals surface area contributed by atoms with Gasteiger partial charge in [0.15, 0.2) is 0 Å². The highest BCUT2D eigenvalue weighted by Gasteiger charge is 2.45. The fourth-order valence-electron chi connectivity index (χ4n) is 4.30. The van der Waals surface area contributed by atoms with Crippen LogP contribution in [-0.4, -0.2) is 73.1 Å². The number of aliphatic hydroxyl groups is 1. The van der Waals surface area contributed by atoms with E-state index >= 15 is 0 Å². The number of nitrogens with zero attached hydrogens (tertiary/aromatic N) is 2. The zero-order valence-corrected chi connectivity index (χ0v) is 20.1. The molecule has 2 aromatic carbocycles. The smallest absolute Gasteiger partial charge is 0.295 e. The van der Waals surface area contributed by atoms with Crippen molar-refractivity contribution in [2.45, 2.75) is 12.5 Å². The summed E-state index contributed by atoms with van der Waals surface area (Å²) in [6.45, 7) is 4.40. The van der Waals surface area contributed by atoms with E-state index in [-0.39, 0.29) is 11.3 Å². The number of rotatable bonds is 7. The van der Waals surface area contributed by atoms with Crippen LogP contribution in [-0.2, 0) is 14.3 Å². The maximum atomic E-state index is 13.1. The van der Waals surface area contributed by atoms with Gasteiger partial charge in [0.05, 0.1) is 31.9 Å². The number of amides is 1. The van der Waals surface area contributed by atoms with Crippen LogP contribution in [0, 0.1) is 0 Å². The zero-order valence-electron chi connectivity index (χ0n) is 18.5. The Balaban J connectivity index is 1.65. The van der Waals surface area contributed by atoms with E-state index in [4.69, 9.17) is 9.47 Å². The van der Waals surface area contributed by atoms with Crippen molar-refractivity contribution in [1.82, 2.24) is 9.80 Å². The van der Waals surface area contributed by atoms with Crippen LogP contribution in [0.3, 0.4) is 0 Å². The molecule has 1 atom stereocenters. The largest absolute Gasteiger partial charge is 0.507 e. The lowest BCUT2D eigenvalue weighted by Crippen LogP contribution is -2.38. The lowest BCUT2D eigenvalue weighted by Gasteiger charge is -2.29. The van der Waals surface area contributed by atoms with Crippen molar-refractivity contribution < 1.29 is 24.2 Å². The number of methoxy groups -OCH3 is 1. The molecule has 8 heteroatoms. The van der Waals surface area contributed by atoms with Crippen molar-refractivity contribution in [1.29, 1.82) is 0 Å². The van der Waals surface area contributed by atoms with Gasteiger partial charge in [-0.2, -0.15) is 0 Å². The number of hydrogen-bond acceptors (Lipinski definition) is 6. The first kappa shape index (κ1) is 23.5. The Morgan fingerprint density at radius 3 is 2.36 bits per heavy atom. The maximum Gasteiger partial charge on any atom is 0.295 e. The van der Waals surface area contributed by atoms with Crippen molar-refractivity contribution >= 4 is 33.4 Å². The van der Waals surface area contributed by atoms with Crippen LogP contribution in [0.5, 0.6) is 5.75 Å². The highest BCUT2D eigenvalue weighted by atomic mass is 79.9. The molecule has 4 rings (SSSR count). The van der Waals surface area contributed by atoms with Crippen LogP contribution in [0.25, 0.3) is 5.76 Å². The monoisotopic (exact) mass is 514 g/mol. The Labute approximate surface area is 201 Å². The highest BCUT2D eigenvalue weighted by molar-refractivity contribution is 9.10. The normalized spacial score (nSPS) is 20.9. The molecule has 2 fully saturated rings. The summed E-state index contributed by atoms with van der Waals surface area (Å²) in [6, 6.07) is 13.6. The van der Waals surface area contributed by atoms with Gasteiger partial charge in [-0.3, -0.25) is 14.5 Å². The van der Waals surface area contributed by atoms with Crippen molar-refractivity contribution in [2.24, 2.45) is 0 Å². The average molecular weight is 515 g/mol. The average Bonchev–Trinajstić information content (AvgIpc) is 3.10. The summed E-state index contributed by atoms with van der Waals surface area (Å²) in [5.74, 6) is -0.790. The standard InChI is InChI=1S/C25H27BrN2O5/c1-32-20-9-5-18(6-10-20)23(29)21-22(17-3-7-19(26)8-4-17)28(25(31)24(21)30)12-2-11-27-13-15-33-16-14-27/h3-10,22,29H,2,11-16H2,1H3. The van der Waals surface area contributed by atoms with Crippen LogP contribution >= 0.6 is 15.9 Å². The summed E-state index contributed by atoms with van der Waals surface area (Å²) in [5.41, 5.74) is 1.35. The second-order valence-corrected chi connectivity index (χ2v) is 9.00. The van der Waals surface area contributed by atoms with E-state index in [1.165, 1.54) is 0 Å². The van der Waals surface area contributed by atoms with E-state index in [0.29, 0.717) is 31.1 Å². The van der Waals surface area contributed by atoms with Crippen molar-refractivity contribution in [3.8, 4) is 5.75 Å². The van der Waals surface area contributed by atoms with Crippen LogP contribution in [0.15, 0.2) is 58.6 Å². The molecular formula is C25H27BrN2O5. The molecule has 33 heavy (non-hydrogen) atoms. The van der Waals surface area contributed by atoms with Gasteiger partial charge >= 0.3 is 0 Å². The van der Waals surface area contributed by atoms with E-state index in [0.717, 1.165) is 36.1 Å². The molecule has 2 aromatic rings. The molecular weight excluding hydrogens is 488 g/mol. The molecule has 1 amide bonds. The van der Waals surface area contributed by atoms with E-state index in [1.54, 1.807) is 36.3 Å². The minimum atomic E-state index is -0.664. The number of benzene rings is 2. The molecule has 1 unspecified atom stereocenters. The van der Waals surface area contributed by atoms with Gasteiger partial charge in [0.2, 0.25) is 0 Å². The summed E-state index contributed by atoms with van der Waals surface area (Å²) >= 11 is 3.44. The van der Waals surface area contributed by atoms with Crippen LogP contribution in [0.2, 0.25) is 0 Å². The van der Waals surface area contributed by atoms with E-state index in [1.807, 2.05) is 24.3 Å². The predicted molar refractivity (Wildman–Crippen MR) is 128 cm³/mol. The zero-order chi connectivity index (χ0) is 23.4. The Hall–Kier alpha value is -2.68. The van der Waals surface area contributed by atoms with E-state index in [2.05, 4.69) is 20.8 Å². The number of ketones is 1. The molecule has 0 bridgehead atoms. The Bertz CT molecular complexity index is 1030. The molecule has 2 saturated heterocycles. The second kappa shape index (κ2) is 10.5. The number of Topliss-reactive ketones (excluding diaryl/α,β-unsaturated/α-hetero) is 1. The fraction of sp³-hybridized carbons (Fsp3) is 0.360. The van der Waals surface area contributed by atoms with Crippen molar-refractivity contribution in [2.75, 3.05) is 46.5 Å². The Morgan fingerprint density at radius 1 is 1.06 bits per heavy atom. The number of hydrogen-bond donors (Lipinski definition) is 1. The lowest BCUT2D eigenvalue weighted by molar-refractivity contribution is -0.140. The van der Waals surface area contributed by atoms with Gasteiger partial charge < -0.3 is 19.5 Å². The lowest BCUT2D eigenvalue weighted by atomic mass is 9.95. The fourth-order valence-corrected chi connectivity index (χ4v) is 4.56. The maximum absolute atomic E-state index is 13.1. The third kappa shape index (κ3) is 5.13.